The maximum atomic E-state index is 12.2. The van der Waals surface area contributed by atoms with E-state index in [1.807, 2.05) is 62.4 Å². The van der Waals surface area contributed by atoms with Gasteiger partial charge in [0.15, 0.2) is 0 Å². The van der Waals surface area contributed by atoms with Gasteiger partial charge in [0, 0.05) is 23.8 Å². The number of anilines is 3. The highest BCUT2D eigenvalue weighted by atomic mass is 16.5. The van der Waals surface area contributed by atoms with Crippen LogP contribution in [0.15, 0.2) is 60.9 Å². The lowest BCUT2D eigenvalue weighted by Crippen LogP contribution is -2.13. The van der Waals surface area contributed by atoms with Crippen LogP contribution in [0, 0.1) is 6.92 Å². The molecule has 26 heavy (non-hydrogen) atoms. The van der Waals surface area contributed by atoms with Crippen molar-refractivity contribution in [2.24, 2.45) is 0 Å². The molecule has 0 spiro atoms. The standard InChI is InChI=1S/C20H20N4O2/c1-3-26-18-10-8-17(9-11-18)24-20-21-12-15(13-22-20)19(25)23-16-6-4-14(2)5-7-16/h4-13H,3H2,1-2H3,(H,23,25)(H,21,22,24). The molecule has 0 atom stereocenters. The van der Waals surface area contributed by atoms with Gasteiger partial charge in [0.1, 0.15) is 5.75 Å². The Morgan fingerprint density at radius 3 is 2.19 bits per heavy atom. The van der Waals surface area contributed by atoms with Crippen molar-refractivity contribution >= 4 is 23.2 Å². The second-order valence-corrected chi connectivity index (χ2v) is 5.70. The van der Waals surface area contributed by atoms with Crippen molar-refractivity contribution in [1.82, 2.24) is 9.97 Å². The van der Waals surface area contributed by atoms with Crippen LogP contribution in [0.1, 0.15) is 22.8 Å². The molecule has 3 aromatic rings. The van der Waals surface area contributed by atoms with Crippen molar-refractivity contribution in [3.63, 3.8) is 0 Å². The zero-order valence-electron chi connectivity index (χ0n) is 14.7. The molecule has 0 saturated carbocycles. The van der Waals surface area contributed by atoms with Gasteiger partial charge in [0.25, 0.3) is 5.91 Å². The number of hydrogen-bond acceptors (Lipinski definition) is 5. The third kappa shape index (κ3) is 4.57. The van der Waals surface area contributed by atoms with Crippen LogP contribution in [-0.4, -0.2) is 22.5 Å². The quantitative estimate of drug-likeness (QED) is 0.699. The van der Waals surface area contributed by atoms with Gasteiger partial charge < -0.3 is 15.4 Å². The first-order valence-electron chi connectivity index (χ1n) is 8.34. The molecular weight excluding hydrogens is 328 g/mol. The lowest BCUT2D eigenvalue weighted by atomic mass is 10.2. The molecule has 1 heterocycles. The molecule has 2 aromatic carbocycles. The fourth-order valence-corrected chi connectivity index (χ4v) is 2.28. The number of carbonyl (C=O) groups is 1. The van der Waals surface area contributed by atoms with Gasteiger partial charge in [0.2, 0.25) is 5.95 Å². The lowest BCUT2D eigenvalue weighted by Gasteiger charge is -2.08. The zero-order chi connectivity index (χ0) is 18.4. The van der Waals surface area contributed by atoms with Gasteiger partial charge in [-0.25, -0.2) is 9.97 Å². The fraction of sp³-hybridized carbons (Fsp3) is 0.150. The van der Waals surface area contributed by atoms with Crippen molar-refractivity contribution in [1.29, 1.82) is 0 Å². The molecule has 6 heteroatoms. The van der Waals surface area contributed by atoms with Gasteiger partial charge in [0.05, 0.1) is 12.2 Å². The Morgan fingerprint density at radius 2 is 1.58 bits per heavy atom. The van der Waals surface area contributed by atoms with Crippen LogP contribution >= 0.6 is 0 Å². The molecule has 2 N–H and O–H groups in total. The van der Waals surface area contributed by atoms with Crippen molar-refractivity contribution in [2.45, 2.75) is 13.8 Å². The molecule has 6 nitrogen and oxygen atoms in total. The number of benzene rings is 2. The van der Waals surface area contributed by atoms with E-state index in [1.54, 1.807) is 0 Å². The number of rotatable bonds is 6. The highest BCUT2D eigenvalue weighted by molar-refractivity contribution is 6.03. The lowest BCUT2D eigenvalue weighted by molar-refractivity contribution is 0.102. The predicted molar refractivity (Wildman–Crippen MR) is 102 cm³/mol. The summed E-state index contributed by atoms with van der Waals surface area (Å²) < 4.78 is 5.40. The van der Waals surface area contributed by atoms with E-state index in [1.165, 1.54) is 12.4 Å². The van der Waals surface area contributed by atoms with E-state index in [9.17, 15) is 4.79 Å². The minimum absolute atomic E-state index is 0.249. The SMILES string of the molecule is CCOc1ccc(Nc2ncc(C(=O)Nc3ccc(C)cc3)cn2)cc1. The number of amides is 1. The van der Waals surface area contributed by atoms with Crippen LogP contribution in [0.2, 0.25) is 0 Å². The molecule has 0 saturated heterocycles. The summed E-state index contributed by atoms with van der Waals surface area (Å²) in [7, 11) is 0. The van der Waals surface area contributed by atoms with E-state index in [2.05, 4.69) is 20.6 Å². The summed E-state index contributed by atoms with van der Waals surface area (Å²) >= 11 is 0. The topological polar surface area (TPSA) is 76.1 Å². The molecule has 1 aromatic heterocycles. The van der Waals surface area contributed by atoms with Crippen LogP contribution in [0.4, 0.5) is 17.3 Å². The summed E-state index contributed by atoms with van der Waals surface area (Å²) in [5.41, 5.74) is 3.10. The molecule has 0 bridgehead atoms. The minimum atomic E-state index is -0.249. The molecule has 0 aliphatic rings. The predicted octanol–water partition coefficient (Wildman–Crippen LogP) is 4.18. The average molecular weight is 348 g/mol. The van der Waals surface area contributed by atoms with Gasteiger partial charge in [-0.3, -0.25) is 4.79 Å². The highest BCUT2D eigenvalue weighted by Crippen LogP contribution is 2.18. The van der Waals surface area contributed by atoms with Gasteiger partial charge in [-0.2, -0.15) is 0 Å². The first-order valence-corrected chi connectivity index (χ1v) is 8.34. The second kappa shape index (κ2) is 8.11. The summed E-state index contributed by atoms with van der Waals surface area (Å²) in [5.74, 6) is 0.976. The molecule has 0 aliphatic carbocycles. The summed E-state index contributed by atoms with van der Waals surface area (Å²) in [5, 5.41) is 5.91. The monoisotopic (exact) mass is 348 g/mol. The average Bonchev–Trinajstić information content (AvgIpc) is 2.66. The number of aromatic nitrogens is 2. The van der Waals surface area contributed by atoms with Crippen molar-refractivity contribution < 1.29 is 9.53 Å². The first kappa shape index (κ1) is 17.4. The van der Waals surface area contributed by atoms with Crippen LogP contribution in [0.5, 0.6) is 5.75 Å². The summed E-state index contributed by atoms with van der Waals surface area (Å²) in [6.45, 7) is 4.56. The first-order chi connectivity index (χ1) is 12.6. The Bertz CT molecular complexity index is 860. The van der Waals surface area contributed by atoms with Gasteiger partial charge in [-0.15, -0.1) is 0 Å². The smallest absolute Gasteiger partial charge is 0.258 e. The van der Waals surface area contributed by atoms with Crippen LogP contribution in [0.3, 0.4) is 0 Å². The molecule has 0 radical (unpaired) electrons. The maximum absolute atomic E-state index is 12.2. The van der Waals surface area contributed by atoms with E-state index in [0.717, 1.165) is 22.7 Å². The molecule has 0 aliphatic heterocycles. The molecule has 1 amide bonds. The summed E-state index contributed by atoms with van der Waals surface area (Å²) in [6.07, 6.45) is 2.99. The Labute approximate surface area is 152 Å². The number of carbonyl (C=O) groups excluding carboxylic acids is 1. The maximum Gasteiger partial charge on any atom is 0.258 e. The van der Waals surface area contributed by atoms with Gasteiger partial charge >= 0.3 is 0 Å². The van der Waals surface area contributed by atoms with Crippen LogP contribution in [-0.2, 0) is 0 Å². The van der Waals surface area contributed by atoms with E-state index in [0.29, 0.717) is 18.1 Å². The third-order valence-corrected chi connectivity index (χ3v) is 3.64. The Hall–Kier alpha value is -3.41. The van der Waals surface area contributed by atoms with E-state index in [4.69, 9.17) is 4.74 Å². The van der Waals surface area contributed by atoms with Crippen molar-refractivity contribution in [3.8, 4) is 5.75 Å². The van der Waals surface area contributed by atoms with E-state index >= 15 is 0 Å². The van der Waals surface area contributed by atoms with Crippen LogP contribution < -0.4 is 15.4 Å². The Balaban J connectivity index is 1.62. The number of ether oxygens (including phenoxy) is 1. The van der Waals surface area contributed by atoms with Crippen molar-refractivity contribution in [2.75, 3.05) is 17.2 Å². The second-order valence-electron chi connectivity index (χ2n) is 5.70. The number of nitrogens with one attached hydrogen (secondary N) is 2. The number of nitrogens with zero attached hydrogens (tertiary/aromatic N) is 2. The van der Waals surface area contributed by atoms with E-state index < -0.39 is 0 Å². The fourth-order valence-electron chi connectivity index (χ4n) is 2.28. The summed E-state index contributed by atoms with van der Waals surface area (Å²) in [6, 6.07) is 15.1. The Morgan fingerprint density at radius 1 is 0.962 bits per heavy atom. The van der Waals surface area contributed by atoms with Gasteiger partial charge in [-0.1, -0.05) is 17.7 Å². The van der Waals surface area contributed by atoms with E-state index in [-0.39, 0.29) is 5.91 Å². The molecule has 3 rings (SSSR count). The minimum Gasteiger partial charge on any atom is -0.494 e. The number of hydrogen-bond donors (Lipinski definition) is 2. The van der Waals surface area contributed by atoms with Crippen LogP contribution in [0.25, 0.3) is 0 Å². The molecule has 0 fully saturated rings. The third-order valence-electron chi connectivity index (χ3n) is 3.64. The highest BCUT2D eigenvalue weighted by Gasteiger charge is 2.08. The molecular formula is C20H20N4O2. The zero-order valence-corrected chi connectivity index (χ0v) is 14.7. The molecule has 0 unspecified atom stereocenters. The summed E-state index contributed by atoms with van der Waals surface area (Å²) in [4.78, 5) is 20.6. The largest absolute Gasteiger partial charge is 0.494 e. The van der Waals surface area contributed by atoms with Gasteiger partial charge in [-0.05, 0) is 50.2 Å². The Kier molecular flexibility index (Phi) is 5.43. The molecule has 132 valence electrons. The van der Waals surface area contributed by atoms with Crippen molar-refractivity contribution in [3.05, 3.63) is 72.1 Å². The number of aryl methyl sites for hydroxylation is 1. The normalized spacial score (nSPS) is 10.2.